The summed E-state index contributed by atoms with van der Waals surface area (Å²) in [5.41, 5.74) is 4.09. The number of hydrogen-bond donors (Lipinski definition) is 2. The third-order valence-corrected chi connectivity index (χ3v) is 8.37. The molecular weight excluding hydrogens is 516 g/mol. The maximum Gasteiger partial charge on any atom is 0.339 e. The zero-order chi connectivity index (χ0) is 27.9. The van der Waals surface area contributed by atoms with Gasteiger partial charge in [0.15, 0.2) is 0 Å². The summed E-state index contributed by atoms with van der Waals surface area (Å²) >= 11 is 0. The van der Waals surface area contributed by atoms with Crippen molar-refractivity contribution in [2.24, 2.45) is 0 Å². The SMILES string of the molecule is Cc1ccc(S(=O)(=O)N[C@@H](Cc2c[nH]c3ccccc23)C(=O)Oc2cc(C)cc3oc(=O)c(C)c(C)c23)cc1. The summed E-state index contributed by atoms with van der Waals surface area (Å²) in [6.45, 7) is 7.04. The first-order valence-electron chi connectivity index (χ1n) is 12.4. The van der Waals surface area contributed by atoms with Crippen molar-refractivity contribution in [2.45, 2.75) is 45.1 Å². The molecule has 0 aliphatic carbocycles. The van der Waals surface area contributed by atoms with Crippen LogP contribution in [-0.2, 0) is 21.2 Å². The van der Waals surface area contributed by atoms with Crippen LogP contribution in [0.15, 0.2) is 81.0 Å². The van der Waals surface area contributed by atoms with Gasteiger partial charge in [0.05, 0.1) is 10.3 Å². The Kier molecular flexibility index (Phi) is 6.88. The van der Waals surface area contributed by atoms with Crippen molar-refractivity contribution in [1.82, 2.24) is 9.71 Å². The molecule has 1 atom stereocenters. The lowest BCUT2D eigenvalue weighted by Gasteiger charge is -2.19. The topological polar surface area (TPSA) is 118 Å². The number of fused-ring (bicyclic) bond motifs is 2. The second kappa shape index (κ2) is 10.2. The van der Waals surface area contributed by atoms with Crippen LogP contribution in [0, 0.1) is 27.7 Å². The molecule has 2 N–H and O–H groups in total. The lowest BCUT2D eigenvalue weighted by molar-refractivity contribution is -0.136. The van der Waals surface area contributed by atoms with E-state index in [0.717, 1.165) is 22.0 Å². The smallest absolute Gasteiger partial charge is 0.339 e. The number of nitrogens with one attached hydrogen (secondary N) is 2. The molecule has 2 aromatic heterocycles. The summed E-state index contributed by atoms with van der Waals surface area (Å²) in [4.78, 5) is 29.2. The maximum absolute atomic E-state index is 13.7. The van der Waals surface area contributed by atoms with Gasteiger partial charge in [-0.05, 0) is 74.7 Å². The van der Waals surface area contributed by atoms with Gasteiger partial charge in [0.25, 0.3) is 0 Å². The lowest BCUT2D eigenvalue weighted by atomic mass is 10.0. The molecule has 0 amide bonds. The van der Waals surface area contributed by atoms with Crippen molar-refractivity contribution >= 4 is 37.9 Å². The first-order valence-corrected chi connectivity index (χ1v) is 13.9. The van der Waals surface area contributed by atoms with Crippen molar-refractivity contribution in [3.63, 3.8) is 0 Å². The highest BCUT2D eigenvalue weighted by molar-refractivity contribution is 7.89. The number of carbonyl (C=O) groups excluding carboxylic acids is 1. The monoisotopic (exact) mass is 544 g/mol. The van der Waals surface area contributed by atoms with E-state index in [1.165, 1.54) is 12.1 Å². The molecular formula is C30H28N2O6S. The molecule has 0 aliphatic rings. The van der Waals surface area contributed by atoms with Gasteiger partial charge in [-0.15, -0.1) is 0 Å². The lowest BCUT2D eigenvalue weighted by Crippen LogP contribution is -2.44. The van der Waals surface area contributed by atoms with E-state index in [1.807, 2.05) is 31.2 Å². The molecule has 0 spiro atoms. The Morgan fingerprint density at radius 2 is 1.69 bits per heavy atom. The summed E-state index contributed by atoms with van der Waals surface area (Å²) in [6.07, 6.45) is 1.81. The van der Waals surface area contributed by atoms with Gasteiger partial charge < -0.3 is 14.1 Å². The summed E-state index contributed by atoms with van der Waals surface area (Å²) in [7, 11) is -4.06. The Hall–Kier alpha value is -4.21. The molecule has 0 unspecified atom stereocenters. The fraction of sp³-hybridized carbons (Fsp3) is 0.200. The summed E-state index contributed by atoms with van der Waals surface area (Å²) in [6, 6.07) is 16.1. The number of rotatable bonds is 7. The zero-order valence-electron chi connectivity index (χ0n) is 22.0. The number of sulfonamides is 1. The van der Waals surface area contributed by atoms with Gasteiger partial charge in [-0.2, -0.15) is 4.72 Å². The summed E-state index contributed by atoms with van der Waals surface area (Å²) < 4.78 is 40.5. The van der Waals surface area contributed by atoms with Gasteiger partial charge in [-0.25, -0.2) is 18.0 Å². The second-order valence-electron chi connectivity index (χ2n) is 9.75. The van der Waals surface area contributed by atoms with E-state index in [-0.39, 0.29) is 17.1 Å². The minimum Gasteiger partial charge on any atom is -0.425 e. The highest BCUT2D eigenvalue weighted by Crippen LogP contribution is 2.31. The fourth-order valence-electron chi connectivity index (χ4n) is 4.61. The molecule has 0 fully saturated rings. The zero-order valence-corrected chi connectivity index (χ0v) is 22.8. The third kappa shape index (κ3) is 5.23. The number of para-hydroxylation sites is 1. The summed E-state index contributed by atoms with van der Waals surface area (Å²) in [5, 5.41) is 1.36. The molecule has 0 saturated carbocycles. The van der Waals surface area contributed by atoms with E-state index in [9.17, 15) is 18.0 Å². The molecule has 8 nitrogen and oxygen atoms in total. The van der Waals surface area contributed by atoms with E-state index < -0.39 is 27.7 Å². The van der Waals surface area contributed by atoms with Crippen LogP contribution in [0.3, 0.4) is 0 Å². The first kappa shape index (κ1) is 26.4. The fourth-order valence-corrected chi connectivity index (χ4v) is 5.80. The Bertz CT molecular complexity index is 1890. The standard InChI is InChI=1S/C30H28N2O6S/c1-17-9-11-22(12-10-17)39(35,36)32-25(15-21-16-31-24-8-6-5-7-23(21)24)30(34)38-27-14-18(2)13-26-28(27)19(3)20(4)29(33)37-26/h5-14,16,25,31-32H,15H2,1-4H3/t25-/m0/s1. The van der Waals surface area contributed by atoms with Crippen LogP contribution in [0.2, 0.25) is 0 Å². The molecule has 0 radical (unpaired) electrons. The van der Waals surface area contributed by atoms with Crippen LogP contribution in [-0.4, -0.2) is 25.4 Å². The number of esters is 1. The molecule has 0 bridgehead atoms. The van der Waals surface area contributed by atoms with Gasteiger partial charge in [0.1, 0.15) is 17.4 Å². The number of aromatic amines is 1. The molecule has 0 aliphatic heterocycles. The predicted octanol–water partition coefficient (Wildman–Crippen LogP) is 5.00. The average molecular weight is 545 g/mol. The molecule has 3 aromatic carbocycles. The minimum atomic E-state index is -4.06. The molecule has 5 rings (SSSR count). The van der Waals surface area contributed by atoms with Crippen LogP contribution < -0.4 is 15.1 Å². The highest BCUT2D eigenvalue weighted by Gasteiger charge is 2.29. The molecule has 200 valence electrons. The Balaban J connectivity index is 1.56. The Morgan fingerprint density at radius 1 is 0.974 bits per heavy atom. The average Bonchev–Trinajstić information content (AvgIpc) is 3.29. The number of H-pyrrole nitrogens is 1. The van der Waals surface area contributed by atoms with Crippen molar-refractivity contribution < 1.29 is 22.4 Å². The van der Waals surface area contributed by atoms with Crippen molar-refractivity contribution in [3.8, 4) is 5.75 Å². The van der Waals surface area contributed by atoms with E-state index >= 15 is 0 Å². The second-order valence-corrected chi connectivity index (χ2v) is 11.5. The molecule has 39 heavy (non-hydrogen) atoms. The Labute approximate surface area is 225 Å². The van der Waals surface area contributed by atoms with Crippen molar-refractivity contribution in [3.05, 3.63) is 105 Å². The van der Waals surface area contributed by atoms with Crippen molar-refractivity contribution in [1.29, 1.82) is 0 Å². The number of benzene rings is 3. The maximum atomic E-state index is 13.7. The van der Waals surface area contributed by atoms with Crippen molar-refractivity contribution in [2.75, 3.05) is 0 Å². The number of aryl methyl sites for hydroxylation is 3. The van der Waals surface area contributed by atoms with Crippen LogP contribution in [0.1, 0.15) is 27.8 Å². The normalized spacial score (nSPS) is 12.6. The van der Waals surface area contributed by atoms with E-state index in [2.05, 4.69) is 9.71 Å². The van der Waals surface area contributed by atoms with E-state index in [4.69, 9.17) is 9.15 Å². The number of hydrogen-bond acceptors (Lipinski definition) is 6. The van der Waals surface area contributed by atoms with E-state index in [0.29, 0.717) is 27.7 Å². The quantitative estimate of drug-likeness (QED) is 0.169. The predicted molar refractivity (Wildman–Crippen MR) is 150 cm³/mol. The van der Waals surface area contributed by atoms with Crippen LogP contribution in [0.5, 0.6) is 5.75 Å². The minimum absolute atomic E-state index is 0.0408. The van der Waals surface area contributed by atoms with E-state index in [1.54, 1.807) is 51.2 Å². The number of ether oxygens (including phenoxy) is 1. The van der Waals surface area contributed by atoms with Crippen LogP contribution >= 0.6 is 0 Å². The Morgan fingerprint density at radius 3 is 2.44 bits per heavy atom. The molecule has 0 saturated heterocycles. The first-order chi connectivity index (χ1) is 18.5. The van der Waals surface area contributed by atoms with Gasteiger partial charge in [0.2, 0.25) is 10.0 Å². The van der Waals surface area contributed by atoms with Crippen LogP contribution in [0.4, 0.5) is 0 Å². The van der Waals surface area contributed by atoms with Crippen LogP contribution in [0.25, 0.3) is 21.9 Å². The van der Waals surface area contributed by atoms with Gasteiger partial charge in [0, 0.05) is 29.1 Å². The molecule has 9 heteroatoms. The van der Waals surface area contributed by atoms with Gasteiger partial charge in [-0.1, -0.05) is 35.9 Å². The molecule has 2 heterocycles. The summed E-state index contributed by atoms with van der Waals surface area (Å²) in [5.74, 6) is -0.594. The number of aromatic nitrogens is 1. The largest absolute Gasteiger partial charge is 0.425 e. The number of carbonyl (C=O) groups is 1. The third-order valence-electron chi connectivity index (χ3n) is 6.88. The van der Waals surface area contributed by atoms with Gasteiger partial charge >= 0.3 is 11.6 Å². The highest BCUT2D eigenvalue weighted by atomic mass is 32.2. The molecule has 5 aromatic rings. The van der Waals surface area contributed by atoms with Gasteiger partial charge in [-0.3, -0.25) is 0 Å².